The molecule has 3 fully saturated rings. The molecule has 104 valence electrons. The predicted octanol–water partition coefficient (Wildman–Crippen LogP) is 1.75. The zero-order chi connectivity index (χ0) is 13.5. The molecule has 0 radical (unpaired) electrons. The fourth-order valence-corrected chi connectivity index (χ4v) is 3.33. The third kappa shape index (κ3) is 1.81. The molecule has 1 amide bonds. The lowest BCUT2D eigenvalue weighted by Crippen LogP contribution is -2.41. The van der Waals surface area contributed by atoms with E-state index in [9.17, 15) is 4.79 Å². The van der Waals surface area contributed by atoms with Crippen molar-refractivity contribution >= 4 is 16.9 Å². The second kappa shape index (κ2) is 4.59. The van der Waals surface area contributed by atoms with Crippen LogP contribution < -0.4 is 0 Å². The standard InChI is InChI=1S/C15H17N3O2/c19-15(14-12-3-1-2-4-13(12)20-16-14)18-10-9-17-7-5-11(18)6-8-17/h1-4,11H,5-10H2. The van der Waals surface area contributed by atoms with Crippen molar-refractivity contribution in [1.82, 2.24) is 15.0 Å². The van der Waals surface area contributed by atoms with Gasteiger partial charge in [0, 0.05) is 32.2 Å². The summed E-state index contributed by atoms with van der Waals surface area (Å²) in [5.74, 6) is 0.0173. The van der Waals surface area contributed by atoms with Crippen molar-refractivity contribution in [3.8, 4) is 0 Å². The maximum atomic E-state index is 12.8. The number of aromatic nitrogens is 1. The van der Waals surface area contributed by atoms with Crippen molar-refractivity contribution in [2.24, 2.45) is 0 Å². The normalized spacial score (nSPS) is 25.9. The van der Waals surface area contributed by atoms with E-state index in [0.717, 1.165) is 44.4 Å². The molecular weight excluding hydrogens is 254 g/mol. The Bertz CT molecular complexity index is 643. The van der Waals surface area contributed by atoms with Gasteiger partial charge in [0.15, 0.2) is 11.3 Å². The summed E-state index contributed by atoms with van der Waals surface area (Å²) in [6.07, 6.45) is 2.14. The van der Waals surface area contributed by atoms with Crippen LogP contribution >= 0.6 is 0 Å². The van der Waals surface area contributed by atoms with Crippen molar-refractivity contribution in [3.63, 3.8) is 0 Å². The van der Waals surface area contributed by atoms with Gasteiger partial charge in [-0.1, -0.05) is 17.3 Å². The summed E-state index contributed by atoms with van der Waals surface area (Å²) >= 11 is 0. The first-order valence-electron chi connectivity index (χ1n) is 7.20. The summed E-state index contributed by atoms with van der Waals surface area (Å²) in [7, 11) is 0. The van der Waals surface area contributed by atoms with Gasteiger partial charge in [-0.25, -0.2) is 0 Å². The van der Waals surface area contributed by atoms with Crippen molar-refractivity contribution in [3.05, 3.63) is 30.0 Å². The summed E-state index contributed by atoms with van der Waals surface area (Å²) in [5, 5.41) is 4.82. The Balaban J connectivity index is 1.69. The SMILES string of the molecule is O=C(c1noc2ccccc12)N1CCN2CCC1CC2. The van der Waals surface area contributed by atoms with Crippen LogP contribution in [0.3, 0.4) is 0 Å². The van der Waals surface area contributed by atoms with Crippen LogP contribution in [0.25, 0.3) is 11.0 Å². The lowest BCUT2D eigenvalue weighted by molar-refractivity contribution is 0.0676. The maximum absolute atomic E-state index is 12.8. The Morgan fingerprint density at radius 2 is 1.95 bits per heavy atom. The molecule has 0 atom stereocenters. The summed E-state index contributed by atoms with van der Waals surface area (Å²) in [6.45, 7) is 3.98. The number of carbonyl (C=O) groups excluding carboxylic acids is 1. The van der Waals surface area contributed by atoms with Crippen LogP contribution in [0.5, 0.6) is 0 Å². The fraction of sp³-hybridized carbons (Fsp3) is 0.467. The van der Waals surface area contributed by atoms with Gasteiger partial charge in [-0.05, 0) is 25.0 Å². The van der Waals surface area contributed by atoms with Crippen molar-refractivity contribution < 1.29 is 9.32 Å². The summed E-state index contributed by atoms with van der Waals surface area (Å²) in [5.41, 5.74) is 1.14. The minimum Gasteiger partial charge on any atom is -0.355 e. The Hall–Kier alpha value is -1.88. The van der Waals surface area contributed by atoms with Gasteiger partial charge < -0.3 is 14.3 Å². The number of hydrogen-bond acceptors (Lipinski definition) is 4. The monoisotopic (exact) mass is 271 g/mol. The molecule has 1 aromatic heterocycles. The van der Waals surface area contributed by atoms with E-state index in [1.807, 2.05) is 29.2 Å². The second-order valence-corrected chi connectivity index (χ2v) is 5.60. The molecule has 0 spiro atoms. The molecule has 0 unspecified atom stereocenters. The Kier molecular flexibility index (Phi) is 2.73. The summed E-state index contributed by atoms with van der Waals surface area (Å²) in [6, 6.07) is 7.91. The number of hydrogen-bond donors (Lipinski definition) is 0. The Morgan fingerprint density at radius 3 is 2.80 bits per heavy atom. The summed E-state index contributed by atoms with van der Waals surface area (Å²) in [4.78, 5) is 17.2. The minimum atomic E-state index is 0.0173. The largest absolute Gasteiger partial charge is 0.355 e. The molecule has 5 rings (SSSR count). The molecule has 5 nitrogen and oxygen atoms in total. The topological polar surface area (TPSA) is 49.6 Å². The first kappa shape index (κ1) is 11.9. The highest BCUT2D eigenvalue weighted by Crippen LogP contribution is 2.25. The maximum Gasteiger partial charge on any atom is 0.276 e. The van der Waals surface area contributed by atoms with Gasteiger partial charge in [0.25, 0.3) is 5.91 Å². The van der Waals surface area contributed by atoms with Gasteiger partial charge in [0.2, 0.25) is 0 Å². The van der Waals surface area contributed by atoms with Gasteiger partial charge in [-0.2, -0.15) is 0 Å². The van der Waals surface area contributed by atoms with E-state index in [4.69, 9.17) is 4.52 Å². The van der Waals surface area contributed by atoms with E-state index in [1.165, 1.54) is 0 Å². The molecule has 20 heavy (non-hydrogen) atoms. The van der Waals surface area contributed by atoms with Gasteiger partial charge >= 0.3 is 0 Å². The number of para-hydroxylation sites is 1. The molecule has 2 bridgehead atoms. The molecule has 3 saturated heterocycles. The molecule has 3 aliphatic rings. The number of piperidine rings is 1. The van der Waals surface area contributed by atoms with Gasteiger partial charge in [-0.3, -0.25) is 4.79 Å². The highest BCUT2D eigenvalue weighted by molar-refractivity contribution is 6.04. The zero-order valence-electron chi connectivity index (χ0n) is 11.3. The lowest BCUT2D eigenvalue weighted by atomic mass is 10.0. The van der Waals surface area contributed by atoms with Gasteiger partial charge in [0.1, 0.15) is 0 Å². The number of carbonyl (C=O) groups is 1. The average molecular weight is 271 g/mol. The van der Waals surface area contributed by atoms with Crippen molar-refractivity contribution in [2.45, 2.75) is 18.9 Å². The van der Waals surface area contributed by atoms with Crippen LogP contribution in [0.1, 0.15) is 23.3 Å². The molecule has 3 aliphatic heterocycles. The minimum absolute atomic E-state index is 0.0173. The number of amides is 1. The molecule has 1 aromatic carbocycles. The molecule has 0 saturated carbocycles. The van der Waals surface area contributed by atoms with E-state index >= 15 is 0 Å². The first-order valence-corrected chi connectivity index (χ1v) is 7.20. The van der Waals surface area contributed by atoms with Crippen LogP contribution in [0.2, 0.25) is 0 Å². The van der Waals surface area contributed by atoms with E-state index in [-0.39, 0.29) is 5.91 Å². The third-order valence-electron chi connectivity index (χ3n) is 4.50. The Morgan fingerprint density at radius 1 is 1.15 bits per heavy atom. The highest BCUT2D eigenvalue weighted by Gasteiger charge is 2.34. The number of nitrogens with zero attached hydrogens (tertiary/aromatic N) is 3. The molecule has 0 N–H and O–H groups in total. The third-order valence-corrected chi connectivity index (χ3v) is 4.50. The Labute approximate surface area is 117 Å². The molecule has 2 aromatic rings. The first-order chi connectivity index (χ1) is 9.83. The lowest BCUT2D eigenvalue weighted by Gasteiger charge is -2.30. The fourth-order valence-electron chi connectivity index (χ4n) is 3.33. The van der Waals surface area contributed by atoms with Crippen LogP contribution in [0, 0.1) is 0 Å². The number of fused-ring (bicyclic) bond motifs is 5. The van der Waals surface area contributed by atoms with E-state index < -0.39 is 0 Å². The second-order valence-electron chi connectivity index (χ2n) is 5.60. The smallest absolute Gasteiger partial charge is 0.276 e. The van der Waals surface area contributed by atoms with Crippen LogP contribution in [0.4, 0.5) is 0 Å². The molecular formula is C15H17N3O2. The van der Waals surface area contributed by atoms with Crippen molar-refractivity contribution in [2.75, 3.05) is 26.2 Å². The van der Waals surface area contributed by atoms with Crippen LogP contribution in [-0.4, -0.2) is 53.1 Å². The van der Waals surface area contributed by atoms with E-state index in [0.29, 0.717) is 17.3 Å². The predicted molar refractivity (Wildman–Crippen MR) is 74.5 cm³/mol. The average Bonchev–Trinajstić information content (AvgIpc) is 2.69. The highest BCUT2D eigenvalue weighted by atomic mass is 16.5. The van der Waals surface area contributed by atoms with Crippen LogP contribution in [-0.2, 0) is 0 Å². The van der Waals surface area contributed by atoms with E-state index in [1.54, 1.807) is 0 Å². The number of benzene rings is 1. The zero-order valence-corrected chi connectivity index (χ0v) is 11.3. The molecule has 5 heteroatoms. The number of rotatable bonds is 1. The van der Waals surface area contributed by atoms with Gasteiger partial charge in [-0.15, -0.1) is 0 Å². The van der Waals surface area contributed by atoms with Crippen LogP contribution in [0.15, 0.2) is 28.8 Å². The molecule has 4 heterocycles. The quantitative estimate of drug-likeness (QED) is 0.793. The van der Waals surface area contributed by atoms with Crippen molar-refractivity contribution in [1.29, 1.82) is 0 Å². The molecule has 0 aliphatic carbocycles. The van der Waals surface area contributed by atoms with Gasteiger partial charge in [0.05, 0.1) is 5.39 Å². The summed E-state index contributed by atoms with van der Waals surface area (Å²) < 4.78 is 5.26. The van der Waals surface area contributed by atoms with E-state index in [2.05, 4.69) is 10.1 Å².